The van der Waals surface area contributed by atoms with E-state index in [4.69, 9.17) is 0 Å². The molecular formula is C21H35N5O2. The summed E-state index contributed by atoms with van der Waals surface area (Å²) in [5, 5.41) is 10.1. The van der Waals surface area contributed by atoms with E-state index in [9.17, 15) is 9.59 Å². The lowest BCUT2D eigenvalue weighted by molar-refractivity contribution is -0.133. The Bertz CT molecular complexity index is 664. The van der Waals surface area contributed by atoms with Crippen LogP contribution in [0.3, 0.4) is 0 Å². The molecule has 0 saturated carbocycles. The van der Waals surface area contributed by atoms with Gasteiger partial charge >= 0.3 is 6.03 Å². The van der Waals surface area contributed by atoms with Crippen molar-refractivity contribution in [1.82, 2.24) is 25.3 Å². The second-order valence-corrected chi connectivity index (χ2v) is 8.84. The Morgan fingerprint density at radius 3 is 2.61 bits per heavy atom. The zero-order valence-electron chi connectivity index (χ0n) is 17.5. The van der Waals surface area contributed by atoms with Crippen LogP contribution in [0.1, 0.15) is 63.1 Å². The van der Waals surface area contributed by atoms with E-state index in [-0.39, 0.29) is 17.9 Å². The molecule has 0 bridgehead atoms. The van der Waals surface area contributed by atoms with E-state index >= 15 is 0 Å². The van der Waals surface area contributed by atoms with Crippen LogP contribution in [0.15, 0.2) is 6.20 Å². The van der Waals surface area contributed by atoms with Gasteiger partial charge in [-0.15, -0.1) is 0 Å². The predicted molar refractivity (Wildman–Crippen MR) is 109 cm³/mol. The highest BCUT2D eigenvalue weighted by Crippen LogP contribution is 2.30. The zero-order chi connectivity index (χ0) is 20.1. The van der Waals surface area contributed by atoms with Crippen molar-refractivity contribution < 1.29 is 9.59 Å². The molecule has 2 N–H and O–H groups in total. The first kappa shape index (κ1) is 20.7. The van der Waals surface area contributed by atoms with Gasteiger partial charge in [0.2, 0.25) is 5.91 Å². The highest BCUT2D eigenvalue weighted by Gasteiger charge is 2.29. The third kappa shape index (κ3) is 5.26. The number of aromatic nitrogens is 2. The van der Waals surface area contributed by atoms with Crippen LogP contribution in [0.4, 0.5) is 4.79 Å². The molecule has 7 nitrogen and oxygen atoms in total. The number of amides is 3. The van der Waals surface area contributed by atoms with Crippen LogP contribution in [0.25, 0.3) is 0 Å². The predicted octanol–water partition coefficient (Wildman–Crippen LogP) is 2.89. The van der Waals surface area contributed by atoms with Gasteiger partial charge < -0.3 is 15.1 Å². The molecule has 0 aromatic carbocycles. The molecule has 7 heteroatoms. The van der Waals surface area contributed by atoms with E-state index in [0.717, 1.165) is 51.0 Å². The Balaban J connectivity index is 1.44. The third-order valence-corrected chi connectivity index (χ3v) is 6.09. The van der Waals surface area contributed by atoms with E-state index in [1.165, 1.54) is 5.56 Å². The number of carbonyl (C=O) groups excluding carboxylic acids is 2. The normalized spacial score (nSPS) is 21.2. The summed E-state index contributed by atoms with van der Waals surface area (Å²) in [4.78, 5) is 29.0. The van der Waals surface area contributed by atoms with Gasteiger partial charge in [-0.05, 0) is 55.9 Å². The highest BCUT2D eigenvalue weighted by atomic mass is 16.2. The maximum absolute atomic E-state index is 12.8. The van der Waals surface area contributed by atoms with Gasteiger partial charge in [0.1, 0.15) is 0 Å². The number of urea groups is 1. The lowest BCUT2D eigenvalue weighted by Crippen LogP contribution is -2.47. The molecule has 0 radical (unpaired) electrons. The van der Waals surface area contributed by atoms with Crippen LogP contribution in [0.2, 0.25) is 0 Å². The summed E-state index contributed by atoms with van der Waals surface area (Å²) in [6.07, 6.45) is 6.50. The quantitative estimate of drug-likeness (QED) is 0.812. The molecule has 3 rings (SSSR count). The molecule has 156 valence electrons. The summed E-state index contributed by atoms with van der Waals surface area (Å²) < 4.78 is 0. The van der Waals surface area contributed by atoms with Crippen molar-refractivity contribution >= 4 is 11.9 Å². The molecule has 2 aliphatic rings. The minimum atomic E-state index is 0.0159. The van der Waals surface area contributed by atoms with Gasteiger partial charge in [0.15, 0.2) is 0 Å². The molecular weight excluding hydrogens is 354 g/mol. The molecule has 3 amide bonds. The molecule has 3 heterocycles. The van der Waals surface area contributed by atoms with Crippen molar-refractivity contribution in [3.05, 3.63) is 17.5 Å². The van der Waals surface area contributed by atoms with Crippen molar-refractivity contribution in [2.45, 2.75) is 58.8 Å². The van der Waals surface area contributed by atoms with Crippen molar-refractivity contribution in [2.75, 3.05) is 32.7 Å². The first-order chi connectivity index (χ1) is 13.4. The fraction of sp³-hybridized carbons (Fsp3) is 0.762. The smallest absolute Gasteiger partial charge is 0.317 e. The number of carbonyl (C=O) groups is 2. The lowest BCUT2D eigenvalue weighted by atomic mass is 9.89. The second kappa shape index (κ2) is 9.43. The molecule has 0 aliphatic carbocycles. The average Bonchev–Trinajstić information content (AvgIpc) is 3.12. The number of rotatable bonds is 5. The first-order valence-electron chi connectivity index (χ1n) is 10.7. The molecule has 1 aromatic heterocycles. The maximum Gasteiger partial charge on any atom is 0.317 e. The number of piperidine rings is 2. The topological polar surface area (TPSA) is 81.3 Å². The number of hydrogen-bond donors (Lipinski definition) is 2. The van der Waals surface area contributed by atoms with E-state index in [1.807, 2.05) is 16.0 Å². The monoisotopic (exact) mass is 389 g/mol. The SMILES string of the molecule is Cc1[nH]ncc1C1CCN(C(=O)CC2CCCN(C(=O)NCC(C)C)C2)CC1. The summed E-state index contributed by atoms with van der Waals surface area (Å²) >= 11 is 0. The molecule has 0 spiro atoms. The minimum Gasteiger partial charge on any atom is -0.343 e. The van der Waals surface area contributed by atoms with E-state index < -0.39 is 0 Å². The van der Waals surface area contributed by atoms with Crippen molar-refractivity contribution in [1.29, 1.82) is 0 Å². The van der Waals surface area contributed by atoms with E-state index in [0.29, 0.717) is 31.3 Å². The van der Waals surface area contributed by atoms with Crippen LogP contribution in [0.5, 0.6) is 0 Å². The zero-order valence-corrected chi connectivity index (χ0v) is 17.5. The molecule has 1 aromatic rings. The molecule has 2 aliphatic heterocycles. The molecule has 1 unspecified atom stereocenters. The molecule has 28 heavy (non-hydrogen) atoms. The third-order valence-electron chi connectivity index (χ3n) is 6.09. The van der Waals surface area contributed by atoms with Crippen LogP contribution < -0.4 is 5.32 Å². The Hall–Kier alpha value is -2.05. The number of aromatic amines is 1. The summed E-state index contributed by atoms with van der Waals surface area (Å²) in [5.41, 5.74) is 2.44. The Kier molecular flexibility index (Phi) is 6.97. The molecule has 1 atom stereocenters. The molecule has 2 saturated heterocycles. The summed E-state index contributed by atoms with van der Waals surface area (Å²) in [7, 11) is 0. The summed E-state index contributed by atoms with van der Waals surface area (Å²) in [5.74, 6) is 1.47. The fourth-order valence-electron chi connectivity index (χ4n) is 4.41. The van der Waals surface area contributed by atoms with Gasteiger partial charge in [0, 0.05) is 44.8 Å². The number of aryl methyl sites for hydroxylation is 1. The molecule has 2 fully saturated rings. The van der Waals surface area contributed by atoms with Crippen molar-refractivity contribution in [3.8, 4) is 0 Å². The van der Waals surface area contributed by atoms with Gasteiger partial charge in [0.25, 0.3) is 0 Å². The van der Waals surface area contributed by atoms with Crippen LogP contribution in [0, 0.1) is 18.8 Å². The van der Waals surface area contributed by atoms with Gasteiger partial charge in [-0.1, -0.05) is 13.8 Å². The maximum atomic E-state index is 12.8. The highest BCUT2D eigenvalue weighted by molar-refractivity contribution is 5.77. The van der Waals surface area contributed by atoms with Crippen LogP contribution >= 0.6 is 0 Å². The van der Waals surface area contributed by atoms with E-state index in [2.05, 4.69) is 36.3 Å². The summed E-state index contributed by atoms with van der Waals surface area (Å²) in [6.45, 7) is 10.1. The minimum absolute atomic E-state index is 0.0159. The van der Waals surface area contributed by atoms with Crippen LogP contribution in [-0.2, 0) is 4.79 Å². The van der Waals surface area contributed by atoms with E-state index in [1.54, 1.807) is 0 Å². The largest absolute Gasteiger partial charge is 0.343 e. The Labute approximate surface area is 168 Å². The number of nitrogens with zero attached hydrogens (tertiary/aromatic N) is 3. The number of H-pyrrole nitrogens is 1. The van der Waals surface area contributed by atoms with Crippen molar-refractivity contribution in [2.24, 2.45) is 11.8 Å². The average molecular weight is 390 g/mol. The van der Waals surface area contributed by atoms with Gasteiger partial charge in [0.05, 0.1) is 6.20 Å². The van der Waals surface area contributed by atoms with Crippen molar-refractivity contribution in [3.63, 3.8) is 0 Å². The second-order valence-electron chi connectivity index (χ2n) is 8.84. The van der Waals surface area contributed by atoms with Crippen LogP contribution in [-0.4, -0.2) is 64.7 Å². The number of hydrogen-bond acceptors (Lipinski definition) is 3. The Morgan fingerprint density at radius 1 is 1.21 bits per heavy atom. The Morgan fingerprint density at radius 2 is 1.96 bits per heavy atom. The fourth-order valence-corrected chi connectivity index (χ4v) is 4.41. The number of likely N-dealkylation sites (tertiary alicyclic amines) is 2. The summed E-state index contributed by atoms with van der Waals surface area (Å²) in [6, 6.07) is 0.0159. The van der Waals surface area contributed by atoms with Gasteiger partial charge in [-0.2, -0.15) is 5.10 Å². The van der Waals surface area contributed by atoms with Gasteiger partial charge in [-0.3, -0.25) is 9.89 Å². The first-order valence-corrected chi connectivity index (χ1v) is 10.7. The van der Waals surface area contributed by atoms with Gasteiger partial charge in [-0.25, -0.2) is 4.79 Å². The lowest BCUT2D eigenvalue weighted by Gasteiger charge is -2.36. The standard InChI is InChI=1S/C21H35N5O2/c1-15(2)12-22-21(28)26-8-4-5-17(14-26)11-20(27)25-9-6-18(7-10-25)19-13-23-24-16(19)3/h13,15,17-18H,4-12,14H2,1-3H3,(H,22,28)(H,23,24). The number of nitrogens with one attached hydrogen (secondary N) is 2.